The van der Waals surface area contributed by atoms with Crippen molar-refractivity contribution in [2.75, 3.05) is 13.1 Å². The molecule has 0 radical (unpaired) electrons. The zero-order valence-electron chi connectivity index (χ0n) is 11.7. The molecule has 0 spiro atoms. The number of aliphatic hydroxyl groups is 1. The van der Waals surface area contributed by atoms with Gasteiger partial charge in [0.2, 0.25) is 5.91 Å². The Bertz CT molecular complexity index is 581. The first-order valence-corrected chi connectivity index (χ1v) is 7.05. The van der Waals surface area contributed by atoms with Crippen LogP contribution in [0, 0.1) is 0 Å². The number of H-pyrrole nitrogens is 1. The third kappa shape index (κ3) is 2.97. The third-order valence-electron chi connectivity index (χ3n) is 3.92. The monoisotopic (exact) mass is 290 g/mol. The van der Waals surface area contributed by atoms with E-state index < -0.39 is 5.60 Å². The first-order valence-electron chi connectivity index (χ1n) is 7.05. The summed E-state index contributed by atoms with van der Waals surface area (Å²) in [4.78, 5) is 14.0. The Morgan fingerprint density at radius 3 is 3.19 bits per heavy atom. The van der Waals surface area contributed by atoms with Gasteiger partial charge in [0.05, 0.1) is 25.3 Å². The van der Waals surface area contributed by atoms with Crippen LogP contribution in [0.1, 0.15) is 30.5 Å². The predicted octanol–water partition coefficient (Wildman–Crippen LogP) is 0.840. The van der Waals surface area contributed by atoms with Crippen LogP contribution in [0.3, 0.4) is 0 Å². The molecule has 3 rings (SSSR count). The molecule has 1 fully saturated rings. The molecule has 1 saturated heterocycles. The minimum absolute atomic E-state index is 0.0396. The number of piperidine rings is 1. The van der Waals surface area contributed by atoms with E-state index in [1.807, 2.05) is 6.07 Å². The highest BCUT2D eigenvalue weighted by molar-refractivity contribution is 5.76. The minimum atomic E-state index is -1.10. The van der Waals surface area contributed by atoms with Crippen LogP contribution in [-0.2, 0) is 16.8 Å². The number of nitrogens with zero attached hydrogens (tertiary/aromatic N) is 3. The summed E-state index contributed by atoms with van der Waals surface area (Å²) in [5.41, 5.74) is 0.401. The Labute approximate surface area is 121 Å². The molecular weight excluding hydrogens is 272 g/mol. The first-order chi connectivity index (χ1) is 10.2. The number of likely N-dealkylation sites (tertiary alicyclic amines) is 1. The van der Waals surface area contributed by atoms with Crippen LogP contribution in [-0.4, -0.2) is 44.4 Å². The van der Waals surface area contributed by atoms with Gasteiger partial charge in [-0.05, 0) is 30.9 Å². The number of amides is 1. The molecule has 1 aliphatic heterocycles. The maximum atomic E-state index is 12.3. The number of rotatable bonds is 4. The molecule has 1 amide bonds. The summed E-state index contributed by atoms with van der Waals surface area (Å²) in [5.74, 6) is 0.0396. The number of carbonyl (C=O) groups excluding carboxylic acids is 1. The van der Waals surface area contributed by atoms with Crippen molar-refractivity contribution in [3.63, 3.8) is 0 Å². The van der Waals surface area contributed by atoms with Crippen LogP contribution >= 0.6 is 0 Å². The maximum Gasteiger partial charge on any atom is 0.223 e. The molecule has 1 aliphatic rings. The predicted molar refractivity (Wildman–Crippen MR) is 73.1 cm³/mol. The highest BCUT2D eigenvalue weighted by Gasteiger charge is 2.38. The van der Waals surface area contributed by atoms with Gasteiger partial charge < -0.3 is 14.4 Å². The fraction of sp³-hybridized carbons (Fsp3) is 0.500. The zero-order valence-corrected chi connectivity index (χ0v) is 11.7. The van der Waals surface area contributed by atoms with Crippen molar-refractivity contribution in [3.05, 3.63) is 36.0 Å². The Morgan fingerprint density at radius 2 is 2.48 bits per heavy atom. The van der Waals surface area contributed by atoms with Crippen LogP contribution in [0.4, 0.5) is 0 Å². The molecule has 0 aliphatic carbocycles. The first kappa shape index (κ1) is 13.8. The van der Waals surface area contributed by atoms with E-state index in [2.05, 4.69) is 15.4 Å². The van der Waals surface area contributed by atoms with Gasteiger partial charge in [0.15, 0.2) is 0 Å². The van der Waals surface area contributed by atoms with Crippen molar-refractivity contribution in [1.29, 1.82) is 0 Å². The lowest BCUT2D eigenvalue weighted by Crippen LogP contribution is -2.48. The average molecular weight is 290 g/mol. The summed E-state index contributed by atoms with van der Waals surface area (Å²) in [6.07, 6.45) is 7.16. The molecular formula is C14H18N4O3. The summed E-state index contributed by atoms with van der Waals surface area (Å²) in [5, 5.41) is 20.9. The quantitative estimate of drug-likeness (QED) is 0.870. The number of aryl methyl sites for hydroxylation is 1. The summed E-state index contributed by atoms with van der Waals surface area (Å²) in [6, 6.07) is 1.86. The van der Waals surface area contributed by atoms with Gasteiger partial charge in [-0.1, -0.05) is 0 Å². The molecule has 112 valence electrons. The number of carbonyl (C=O) groups is 1. The molecule has 7 heteroatoms. The number of furan rings is 1. The Morgan fingerprint density at radius 1 is 1.57 bits per heavy atom. The zero-order chi connectivity index (χ0) is 14.7. The normalized spacial score (nSPS) is 22.4. The standard InChI is InChI=1S/C14H18N4O3/c19-13(3-2-11-4-7-21-9-11)18-6-1-5-14(20,10-18)12-8-15-17-16-12/h4,7-9,20H,1-3,5-6,10H2,(H,15,16,17)/t14-/m0/s1. The molecule has 0 unspecified atom stereocenters. The number of β-amino-alcohol motifs (C(OH)–C–C–N with tert-alkyl or cyclic N) is 1. The van der Waals surface area contributed by atoms with E-state index in [4.69, 9.17) is 4.42 Å². The number of hydrogen-bond acceptors (Lipinski definition) is 5. The van der Waals surface area contributed by atoms with Gasteiger partial charge in [-0.3, -0.25) is 4.79 Å². The lowest BCUT2D eigenvalue weighted by atomic mass is 9.90. The molecule has 7 nitrogen and oxygen atoms in total. The van der Waals surface area contributed by atoms with E-state index in [0.29, 0.717) is 31.5 Å². The number of nitrogens with one attached hydrogen (secondary N) is 1. The smallest absolute Gasteiger partial charge is 0.223 e. The SMILES string of the molecule is O=C(CCc1ccoc1)N1CCC[C@@](O)(c2cn[nH]n2)C1. The second kappa shape index (κ2) is 5.69. The largest absolute Gasteiger partial charge is 0.472 e. The van der Waals surface area contributed by atoms with Gasteiger partial charge in [-0.25, -0.2) is 0 Å². The Balaban J connectivity index is 1.61. The van der Waals surface area contributed by atoms with Gasteiger partial charge in [0.25, 0.3) is 0 Å². The fourth-order valence-electron chi connectivity index (χ4n) is 2.73. The van der Waals surface area contributed by atoms with Crippen LogP contribution in [0.2, 0.25) is 0 Å². The van der Waals surface area contributed by atoms with Crippen LogP contribution in [0.25, 0.3) is 0 Å². The molecule has 0 bridgehead atoms. The molecule has 2 N–H and O–H groups in total. The second-order valence-corrected chi connectivity index (χ2v) is 5.44. The molecule has 2 aromatic heterocycles. The Kier molecular flexibility index (Phi) is 3.74. The molecule has 2 aromatic rings. The fourth-order valence-corrected chi connectivity index (χ4v) is 2.73. The van der Waals surface area contributed by atoms with E-state index >= 15 is 0 Å². The van der Waals surface area contributed by atoms with Gasteiger partial charge in [0, 0.05) is 13.0 Å². The topological polar surface area (TPSA) is 95.3 Å². The van der Waals surface area contributed by atoms with Gasteiger partial charge >= 0.3 is 0 Å². The summed E-state index contributed by atoms with van der Waals surface area (Å²) in [7, 11) is 0. The molecule has 0 aromatic carbocycles. The number of hydrogen-bond donors (Lipinski definition) is 2. The molecule has 0 saturated carbocycles. The summed E-state index contributed by atoms with van der Waals surface area (Å²) in [6.45, 7) is 0.939. The van der Waals surface area contributed by atoms with Crippen LogP contribution in [0.5, 0.6) is 0 Å². The number of aromatic nitrogens is 3. The summed E-state index contributed by atoms with van der Waals surface area (Å²) >= 11 is 0. The van der Waals surface area contributed by atoms with Crippen molar-refractivity contribution in [1.82, 2.24) is 20.3 Å². The Hall–Kier alpha value is -2.15. The van der Waals surface area contributed by atoms with Crippen molar-refractivity contribution >= 4 is 5.91 Å². The molecule has 21 heavy (non-hydrogen) atoms. The highest BCUT2D eigenvalue weighted by atomic mass is 16.3. The van der Waals surface area contributed by atoms with E-state index in [-0.39, 0.29) is 12.5 Å². The highest BCUT2D eigenvalue weighted by Crippen LogP contribution is 2.30. The van der Waals surface area contributed by atoms with Crippen molar-refractivity contribution < 1.29 is 14.3 Å². The minimum Gasteiger partial charge on any atom is -0.472 e. The summed E-state index contributed by atoms with van der Waals surface area (Å²) < 4.78 is 4.99. The van der Waals surface area contributed by atoms with E-state index in [1.54, 1.807) is 17.4 Å². The maximum absolute atomic E-state index is 12.3. The van der Waals surface area contributed by atoms with Crippen molar-refractivity contribution in [3.8, 4) is 0 Å². The second-order valence-electron chi connectivity index (χ2n) is 5.44. The lowest BCUT2D eigenvalue weighted by molar-refractivity contribution is -0.139. The average Bonchev–Trinajstić information content (AvgIpc) is 3.18. The van der Waals surface area contributed by atoms with E-state index in [9.17, 15) is 9.90 Å². The van der Waals surface area contributed by atoms with Crippen molar-refractivity contribution in [2.24, 2.45) is 0 Å². The van der Waals surface area contributed by atoms with Gasteiger partial charge in [-0.15, -0.1) is 0 Å². The van der Waals surface area contributed by atoms with E-state index in [0.717, 1.165) is 12.0 Å². The molecule has 3 heterocycles. The van der Waals surface area contributed by atoms with Crippen LogP contribution < -0.4 is 0 Å². The molecule has 1 atom stereocenters. The van der Waals surface area contributed by atoms with Crippen LogP contribution in [0.15, 0.2) is 29.2 Å². The van der Waals surface area contributed by atoms with Gasteiger partial charge in [0.1, 0.15) is 11.3 Å². The van der Waals surface area contributed by atoms with E-state index in [1.165, 1.54) is 6.20 Å². The van der Waals surface area contributed by atoms with Crippen molar-refractivity contribution in [2.45, 2.75) is 31.3 Å². The third-order valence-corrected chi connectivity index (χ3v) is 3.92. The number of aromatic amines is 1. The lowest BCUT2D eigenvalue weighted by Gasteiger charge is -2.38. The van der Waals surface area contributed by atoms with Gasteiger partial charge in [-0.2, -0.15) is 15.4 Å².